The van der Waals surface area contributed by atoms with Gasteiger partial charge in [-0.15, -0.1) is 0 Å². The number of benzene rings is 2. The first-order valence-corrected chi connectivity index (χ1v) is 24.7. The maximum absolute atomic E-state index is 14.2. The average molecular weight is 1030 g/mol. The van der Waals surface area contributed by atoms with Crippen molar-refractivity contribution in [2.75, 3.05) is 19.6 Å². The number of nitrogens with one attached hydrogen (secondary N) is 8. The van der Waals surface area contributed by atoms with Crippen molar-refractivity contribution in [3.05, 3.63) is 59.1 Å². The lowest BCUT2D eigenvalue weighted by atomic mass is 10.0. The van der Waals surface area contributed by atoms with E-state index < -0.39 is 113 Å². The highest BCUT2D eigenvalue weighted by molar-refractivity contribution is 6.30. The fourth-order valence-electron chi connectivity index (χ4n) is 6.72. The van der Waals surface area contributed by atoms with Crippen LogP contribution in [0, 0.1) is 0 Å². The van der Waals surface area contributed by atoms with Crippen LogP contribution in [-0.4, -0.2) is 132 Å². The van der Waals surface area contributed by atoms with Gasteiger partial charge < -0.3 is 61.9 Å². The fraction of sp³-hybridized carbons (Fsp3) is 0.608. The molecule has 9 N–H and O–H groups in total. The Kier molecular flexibility index (Phi) is 24.9. The van der Waals surface area contributed by atoms with Gasteiger partial charge in [-0.25, -0.2) is 9.59 Å². The molecule has 72 heavy (non-hydrogen) atoms. The van der Waals surface area contributed by atoms with E-state index in [2.05, 4.69) is 42.5 Å². The molecule has 402 valence electrons. The standard InChI is InChI=1S/C51H79ClN8O12/c1-14-15-27-53-46(67)40(61)30(2)56-43(64)37(18-16-17-28-54-47(68)71-50(8,9)10)58-41(62)31(3)57-45(66)39(32(4)70-49(5,6)7)60-44(65)38(29-55-48(69)72-51(11,12)13)59-42(63)35-21-19-33(20-22-35)34-23-25-36(52)26-24-34/h19-26,30-32,37-40,61H,14-18,27-29H2,1-13H3,(H,53,67)(H,54,68)(H,55,69)(H,56,64)(H,57,66)(H,58,62)(H,59,63)(H,60,65)/t30-,31-,32+,37-,38-,39-,40?/m0/s1. The van der Waals surface area contributed by atoms with Crippen LogP contribution in [-0.2, 0) is 38.2 Å². The van der Waals surface area contributed by atoms with E-state index in [0.717, 1.165) is 17.5 Å². The number of halogens is 1. The van der Waals surface area contributed by atoms with Gasteiger partial charge in [-0.3, -0.25) is 28.8 Å². The largest absolute Gasteiger partial charge is 0.444 e. The lowest BCUT2D eigenvalue weighted by molar-refractivity contribution is -0.139. The Balaban J connectivity index is 2.36. The molecule has 0 aliphatic heterocycles. The van der Waals surface area contributed by atoms with E-state index in [1.807, 2.05) is 19.1 Å². The Morgan fingerprint density at radius 1 is 0.569 bits per heavy atom. The number of aliphatic hydroxyl groups excluding tert-OH is 1. The van der Waals surface area contributed by atoms with Gasteiger partial charge in [0.25, 0.3) is 11.8 Å². The van der Waals surface area contributed by atoms with Crippen molar-refractivity contribution in [1.82, 2.24) is 42.5 Å². The lowest BCUT2D eigenvalue weighted by Crippen LogP contribution is -2.62. The van der Waals surface area contributed by atoms with Crippen LogP contribution in [0.2, 0.25) is 5.02 Å². The minimum atomic E-state index is -1.60. The Hall–Kier alpha value is -5.99. The van der Waals surface area contributed by atoms with E-state index in [1.54, 1.807) is 98.7 Å². The summed E-state index contributed by atoms with van der Waals surface area (Å²) in [6.07, 6.45) is -1.90. The van der Waals surface area contributed by atoms with E-state index in [9.17, 15) is 43.5 Å². The summed E-state index contributed by atoms with van der Waals surface area (Å²) < 4.78 is 16.7. The molecule has 1 unspecified atom stereocenters. The Bertz CT molecular complexity index is 2120. The summed E-state index contributed by atoms with van der Waals surface area (Å²) in [5.41, 5.74) is -0.601. The first kappa shape index (κ1) is 62.1. The highest BCUT2D eigenvalue weighted by atomic mass is 35.5. The number of carbonyl (C=O) groups is 8. The van der Waals surface area contributed by atoms with Gasteiger partial charge in [0.1, 0.15) is 35.4 Å². The summed E-state index contributed by atoms with van der Waals surface area (Å²) in [6.45, 7) is 21.7. The molecular weight excluding hydrogens is 952 g/mol. The van der Waals surface area contributed by atoms with E-state index in [1.165, 1.54) is 20.8 Å². The van der Waals surface area contributed by atoms with Gasteiger partial charge in [0.15, 0.2) is 6.10 Å². The van der Waals surface area contributed by atoms with Crippen LogP contribution in [0.5, 0.6) is 0 Å². The summed E-state index contributed by atoms with van der Waals surface area (Å²) in [5, 5.41) is 32.1. The number of hydrogen-bond donors (Lipinski definition) is 9. The van der Waals surface area contributed by atoms with Crippen molar-refractivity contribution >= 4 is 59.2 Å². The first-order valence-electron chi connectivity index (χ1n) is 24.3. The molecule has 2 rings (SSSR count). The summed E-state index contributed by atoms with van der Waals surface area (Å²) in [7, 11) is 0. The van der Waals surface area contributed by atoms with Crippen molar-refractivity contribution in [3.8, 4) is 11.1 Å². The van der Waals surface area contributed by atoms with E-state index in [0.29, 0.717) is 30.8 Å². The van der Waals surface area contributed by atoms with Crippen LogP contribution in [0.4, 0.5) is 9.59 Å². The minimum absolute atomic E-state index is 0.0474. The topological polar surface area (TPSA) is 281 Å². The lowest BCUT2D eigenvalue weighted by Gasteiger charge is -2.32. The fourth-order valence-corrected chi connectivity index (χ4v) is 6.84. The second-order valence-corrected chi connectivity index (χ2v) is 21.0. The molecule has 0 spiro atoms. The highest BCUT2D eigenvalue weighted by Gasteiger charge is 2.36. The van der Waals surface area contributed by atoms with Crippen molar-refractivity contribution in [2.45, 2.75) is 181 Å². The molecule has 0 aliphatic carbocycles. The Morgan fingerprint density at radius 3 is 1.64 bits per heavy atom. The molecular formula is C51H79ClN8O12. The third-order valence-electron chi connectivity index (χ3n) is 10.3. The molecule has 0 heterocycles. The Labute approximate surface area is 429 Å². The first-order chi connectivity index (χ1) is 33.4. The van der Waals surface area contributed by atoms with Gasteiger partial charge in [0.2, 0.25) is 23.6 Å². The van der Waals surface area contributed by atoms with Gasteiger partial charge in [-0.2, -0.15) is 0 Å². The molecule has 21 heteroatoms. The molecule has 0 saturated carbocycles. The van der Waals surface area contributed by atoms with Crippen LogP contribution in [0.25, 0.3) is 11.1 Å². The number of unbranched alkanes of at least 4 members (excludes halogenated alkanes) is 2. The van der Waals surface area contributed by atoms with Crippen molar-refractivity contribution < 1.29 is 57.7 Å². The summed E-state index contributed by atoms with van der Waals surface area (Å²) in [4.78, 5) is 107. The van der Waals surface area contributed by atoms with Crippen LogP contribution < -0.4 is 42.5 Å². The SMILES string of the molecule is CCCCNC(=O)C(O)[C@H](C)NC(=O)[C@H](CCCCNC(=O)OC(C)(C)C)NC(=O)[C@H](C)NC(=O)[C@@H](NC(=O)[C@H](CNC(=O)OC(C)(C)C)NC(=O)c1ccc(-c2ccc(Cl)cc2)cc1)[C@@H](C)OC(C)(C)C. The number of carbonyl (C=O) groups excluding carboxylic acids is 8. The number of alkyl carbamates (subject to hydrolysis) is 2. The number of ether oxygens (including phenoxy) is 3. The average Bonchev–Trinajstić information content (AvgIpc) is 3.26. The summed E-state index contributed by atoms with van der Waals surface area (Å²) >= 11 is 6.05. The highest BCUT2D eigenvalue weighted by Crippen LogP contribution is 2.22. The third-order valence-corrected chi connectivity index (χ3v) is 10.6. The van der Waals surface area contributed by atoms with Gasteiger partial charge in [-0.05, 0) is 144 Å². The normalized spacial score (nSPS) is 14.6. The number of aliphatic hydroxyl groups is 1. The molecule has 2 aromatic rings. The second-order valence-electron chi connectivity index (χ2n) is 20.5. The van der Waals surface area contributed by atoms with Gasteiger partial charge in [0.05, 0.1) is 24.3 Å². The van der Waals surface area contributed by atoms with Crippen molar-refractivity contribution in [3.63, 3.8) is 0 Å². The predicted molar refractivity (Wildman–Crippen MR) is 274 cm³/mol. The molecule has 7 atom stereocenters. The molecule has 2 aromatic carbocycles. The summed E-state index contributed by atoms with van der Waals surface area (Å²) in [6, 6.07) is 7.11. The van der Waals surface area contributed by atoms with Crippen LogP contribution in [0.1, 0.15) is 132 Å². The molecule has 0 aromatic heterocycles. The Morgan fingerprint density at radius 2 is 1.10 bits per heavy atom. The van der Waals surface area contributed by atoms with E-state index >= 15 is 0 Å². The monoisotopic (exact) mass is 1030 g/mol. The predicted octanol–water partition coefficient (Wildman–Crippen LogP) is 4.78. The smallest absolute Gasteiger partial charge is 0.407 e. The zero-order valence-electron chi connectivity index (χ0n) is 44.1. The molecule has 0 fully saturated rings. The van der Waals surface area contributed by atoms with Crippen molar-refractivity contribution in [2.24, 2.45) is 0 Å². The number of hydrogen-bond acceptors (Lipinski definition) is 12. The molecule has 0 saturated heterocycles. The van der Waals surface area contributed by atoms with Gasteiger partial charge >= 0.3 is 12.2 Å². The van der Waals surface area contributed by atoms with Crippen LogP contribution in [0.15, 0.2) is 48.5 Å². The van der Waals surface area contributed by atoms with Crippen LogP contribution >= 0.6 is 11.6 Å². The maximum Gasteiger partial charge on any atom is 0.407 e. The van der Waals surface area contributed by atoms with Gasteiger partial charge in [-0.1, -0.05) is 49.2 Å². The number of rotatable bonds is 25. The van der Waals surface area contributed by atoms with E-state index in [4.69, 9.17) is 25.8 Å². The second kappa shape index (κ2) is 28.9. The van der Waals surface area contributed by atoms with Crippen LogP contribution in [0.3, 0.4) is 0 Å². The summed E-state index contributed by atoms with van der Waals surface area (Å²) in [5.74, 6) is -4.65. The zero-order chi connectivity index (χ0) is 54.6. The van der Waals surface area contributed by atoms with E-state index in [-0.39, 0.29) is 18.5 Å². The molecule has 20 nitrogen and oxygen atoms in total. The molecule has 0 radical (unpaired) electrons. The van der Waals surface area contributed by atoms with Crippen molar-refractivity contribution in [1.29, 1.82) is 0 Å². The minimum Gasteiger partial charge on any atom is -0.444 e. The van der Waals surface area contributed by atoms with Gasteiger partial charge in [0, 0.05) is 23.7 Å². The number of amides is 8. The quantitative estimate of drug-likeness (QED) is 0.0608. The maximum atomic E-state index is 14.2. The molecule has 0 aliphatic rings. The third kappa shape index (κ3) is 24.0. The molecule has 8 amide bonds. The molecule has 0 bridgehead atoms. The zero-order valence-corrected chi connectivity index (χ0v) is 44.9.